The minimum Gasteiger partial charge on any atom is -0.493 e. The molecule has 0 spiro atoms. The summed E-state index contributed by atoms with van der Waals surface area (Å²) < 4.78 is 59.7. The van der Waals surface area contributed by atoms with Crippen molar-refractivity contribution < 1.29 is 46.6 Å². The molecule has 3 N–H and O–H groups in total. The number of nitrogens with zero attached hydrogens (tertiary/aromatic N) is 6. The topological polar surface area (TPSA) is 190 Å². The average Bonchev–Trinajstić information content (AvgIpc) is 4.14. The van der Waals surface area contributed by atoms with Crippen molar-refractivity contribution >= 4 is 78.7 Å². The summed E-state index contributed by atoms with van der Waals surface area (Å²) in [6, 6.07) is 25.4. The van der Waals surface area contributed by atoms with Crippen molar-refractivity contribution in [2.45, 2.75) is 90.5 Å². The number of halogens is 3. The van der Waals surface area contributed by atoms with Gasteiger partial charge in [0, 0.05) is 48.8 Å². The summed E-state index contributed by atoms with van der Waals surface area (Å²) >= 11 is 1.37. The maximum atomic E-state index is 15.1. The van der Waals surface area contributed by atoms with Crippen molar-refractivity contribution in [3.8, 4) is 16.9 Å². The van der Waals surface area contributed by atoms with Crippen molar-refractivity contribution in [1.29, 1.82) is 0 Å². The summed E-state index contributed by atoms with van der Waals surface area (Å²) in [5.74, 6) is -1.83. The number of aromatic nitrogens is 4. The van der Waals surface area contributed by atoms with Crippen LogP contribution in [-0.4, -0.2) is 92.6 Å². The first-order chi connectivity index (χ1) is 37.2. The highest BCUT2D eigenvalue weighted by Crippen LogP contribution is 2.42. The number of carbonyl (C=O) groups is 5. The molecular weight excluding hydrogens is 1020 g/mol. The molecule has 2 fully saturated rings. The van der Waals surface area contributed by atoms with Gasteiger partial charge in [-0.1, -0.05) is 48.6 Å². The summed E-state index contributed by atoms with van der Waals surface area (Å²) in [6.45, 7) is 9.55. The zero-order chi connectivity index (χ0) is 55.0. The number of rotatable bonds is 14. The lowest BCUT2D eigenvalue weighted by atomic mass is 9.88. The number of thiazole rings is 1. The fourth-order valence-electron chi connectivity index (χ4n) is 10.7. The first-order valence-corrected chi connectivity index (χ1v) is 27.0. The maximum Gasteiger partial charge on any atom is 0.417 e. The van der Waals surface area contributed by atoms with Crippen LogP contribution >= 0.6 is 11.3 Å². The summed E-state index contributed by atoms with van der Waals surface area (Å²) in [4.78, 5) is 78.5. The molecule has 20 heteroatoms. The van der Waals surface area contributed by atoms with Gasteiger partial charge in [-0.15, -0.1) is 0 Å². The molecule has 10 rings (SSSR count). The van der Waals surface area contributed by atoms with Gasteiger partial charge in [-0.3, -0.25) is 39.4 Å². The minimum atomic E-state index is -4.83. The highest BCUT2D eigenvalue weighted by molar-refractivity contribution is 7.22. The van der Waals surface area contributed by atoms with Gasteiger partial charge in [0.1, 0.15) is 17.2 Å². The summed E-state index contributed by atoms with van der Waals surface area (Å²) in [7, 11) is 1.77. The molecule has 0 aliphatic carbocycles. The van der Waals surface area contributed by atoms with Gasteiger partial charge in [0.15, 0.2) is 10.8 Å². The normalized spacial score (nSPS) is 16.9. The molecule has 78 heavy (non-hydrogen) atoms. The Kier molecular flexibility index (Phi) is 15.1. The summed E-state index contributed by atoms with van der Waals surface area (Å²) in [5.41, 5.74) is 2.37. The number of likely N-dealkylation sites (tertiary alicyclic amines) is 1. The van der Waals surface area contributed by atoms with E-state index < -0.39 is 29.2 Å². The van der Waals surface area contributed by atoms with Gasteiger partial charge in [0.05, 0.1) is 46.1 Å². The number of alkyl halides is 3. The predicted octanol–water partition coefficient (Wildman–Crippen LogP) is 10.3. The largest absolute Gasteiger partial charge is 0.493 e. The zero-order valence-electron chi connectivity index (χ0n) is 44.0. The molecule has 3 aliphatic rings. The van der Waals surface area contributed by atoms with E-state index >= 15 is 13.2 Å². The number of pyridine rings is 1. The number of benzene rings is 4. The first kappa shape index (κ1) is 53.7. The Labute approximate surface area is 452 Å². The highest BCUT2D eigenvalue weighted by Gasteiger charge is 2.37. The number of aryl methyl sites for hydroxylation is 1. The van der Waals surface area contributed by atoms with Crippen molar-refractivity contribution in [2.75, 3.05) is 48.3 Å². The Morgan fingerprint density at radius 2 is 1.65 bits per heavy atom. The molecular formula is C58H60F3N9O7S. The lowest BCUT2D eigenvalue weighted by molar-refractivity contribution is -0.137. The van der Waals surface area contributed by atoms with Gasteiger partial charge in [0.2, 0.25) is 17.7 Å². The van der Waals surface area contributed by atoms with Crippen LogP contribution in [0.1, 0.15) is 109 Å². The Hall–Kier alpha value is -7.71. The molecule has 0 radical (unpaired) electrons. The van der Waals surface area contributed by atoms with Crippen LogP contribution in [-0.2, 0) is 45.3 Å². The molecule has 1 unspecified atom stereocenters. The molecule has 2 saturated heterocycles. The van der Waals surface area contributed by atoms with Gasteiger partial charge in [-0.05, 0) is 155 Å². The van der Waals surface area contributed by atoms with Gasteiger partial charge in [0.25, 0.3) is 5.91 Å². The van der Waals surface area contributed by atoms with Crippen molar-refractivity contribution in [2.24, 2.45) is 18.9 Å². The van der Waals surface area contributed by atoms with E-state index in [-0.39, 0.29) is 78.2 Å². The smallest absolute Gasteiger partial charge is 0.417 e. The van der Waals surface area contributed by atoms with Crippen molar-refractivity contribution in [3.05, 3.63) is 125 Å². The second-order valence-corrected chi connectivity index (χ2v) is 22.5. The third-order valence-corrected chi connectivity index (χ3v) is 15.4. The Bertz CT molecular complexity index is 3440. The number of fused-ring (bicyclic) bond motifs is 3. The third-order valence-electron chi connectivity index (χ3n) is 14.5. The standard InChI is InChI=1S/C58H60F3N9O7S/c1-33(27-34-21-24-69(25-22-34)31-50(72)62-36-13-15-41-46(28-36)68(5)67-51(41)42-18-20-49(71)65-54(42)74)32-76-37-14-16-38(44(29-37)58(59,60)61)39-17-19-48(64-52(39)55(75)77-57(2,3)4)70-26-23-35-9-8-10-40(43(35)30-70)53(73)66-56-63-45-11-6-7-12-47(45)78-56/h6-17,19,28-29,33-34,42H,18,20-27,30-32H2,1-5H3,(H,62,72)(H,63,66,73)(H,65,71,74)/t33-,42?/m1/s1. The van der Waals surface area contributed by atoms with E-state index in [0.29, 0.717) is 66.3 Å². The molecule has 16 nitrogen and oxygen atoms in total. The molecule has 0 bridgehead atoms. The number of esters is 1. The van der Waals surface area contributed by atoms with Crippen LogP contribution in [0.3, 0.4) is 0 Å². The Balaban J connectivity index is 0.767. The lowest BCUT2D eigenvalue weighted by Crippen LogP contribution is -2.39. The monoisotopic (exact) mass is 1080 g/mol. The van der Waals surface area contributed by atoms with E-state index in [9.17, 15) is 24.0 Å². The molecule has 6 heterocycles. The SMILES string of the molecule is C[C@@H](COc1ccc(-c2ccc(N3CCc4cccc(C(=O)Nc5nc6ccccc6s5)c4C3)nc2C(=O)OC(C)(C)C)c(C(F)(F)F)c1)CC1CCN(CC(=O)Nc2ccc3c(C4CCC(=O)NC4=O)nn(C)c3c2)CC1. The highest BCUT2D eigenvalue weighted by atomic mass is 32.1. The molecule has 2 atom stereocenters. The van der Waals surface area contributed by atoms with Crippen LogP contribution in [0.4, 0.5) is 29.8 Å². The number of hydrogen-bond acceptors (Lipinski definition) is 13. The second-order valence-electron chi connectivity index (χ2n) is 21.5. The molecule has 3 aromatic heterocycles. The van der Waals surface area contributed by atoms with E-state index in [1.165, 1.54) is 29.5 Å². The Morgan fingerprint density at radius 3 is 2.41 bits per heavy atom. The fourth-order valence-corrected chi connectivity index (χ4v) is 11.6. The minimum absolute atomic E-state index is 0.0116. The fraction of sp³-hybridized carbons (Fsp3) is 0.379. The molecule has 4 aromatic carbocycles. The van der Waals surface area contributed by atoms with Crippen molar-refractivity contribution in [3.63, 3.8) is 0 Å². The van der Waals surface area contributed by atoms with Gasteiger partial charge < -0.3 is 19.7 Å². The predicted molar refractivity (Wildman–Crippen MR) is 292 cm³/mol. The molecule has 7 aromatic rings. The number of carbonyl (C=O) groups excluding carboxylic acids is 5. The molecule has 4 amide bonds. The quantitative estimate of drug-likeness (QED) is 0.0691. The van der Waals surface area contributed by atoms with Crippen molar-refractivity contribution in [1.82, 2.24) is 30.0 Å². The summed E-state index contributed by atoms with van der Waals surface area (Å²) in [5, 5.41) is 14.2. The van der Waals surface area contributed by atoms with Crippen LogP contribution in [0.25, 0.3) is 32.2 Å². The van der Waals surface area contributed by atoms with Gasteiger partial charge in [-0.2, -0.15) is 18.3 Å². The van der Waals surface area contributed by atoms with Crippen LogP contribution in [0.2, 0.25) is 0 Å². The van der Waals surface area contributed by atoms with E-state index in [1.54, 1.807) is 50.7 Å². The number of imide groups is 1. The van der Waals surface area contributed by atoms with Crippen LogP contribution < -0.4 is 25.6 Å². The number of ether oxygens (including phenoxy) is 2. The van der Waals surface area contributed by atoms with Crippen LogP contribution in [0, 0.1) is 11.8 Å². The maximum absolute atomic E-state index is 15.1. The second kappa shape index (κ2) is 22.0. The van der Waals surface area contributed by atoms with E-state index in [0.717, 1.165) is 57.6 Å². The molecule has 3 aliphatic heterocycles. The number of nitrogens with one attached hydrogen (secondary N) is 3. The zero-order valence-corrected chi connectivity index (χ0v) is 44.8. The number of amides is 4. The molecule has 0 saturated carbocycles. The Morgan fingerprint density at radius 1 is 0.872 bits per heavy atom. The van der Waals surface area contributed by atoms with E-state index in [4.69, 9.17) is 14.5 Å². The first-order valence-electron chi connectivity index (χ1n) is 26.2. The molecule has 406 valence electrons. The average molecular weight is 1080 g/mol. The van der Waals surface area contributed by atoms with Crippen LogP contribution in [0.5, 0.6) is 5.75 Å². The third kappa shape index (κ3) is 12.0. The number of hydrogen-bond donors (Lipinski definition) is 3. The number of anilines is 3. The summed E-state index contributed by atoms with van der Waals surface area (Å²) in [6.07, 6.45) is -1.17. The van der Waals surface area contributed by atoms with E-state index in [1.807, 2.05) is 60.4 Å². The van der Waals surface area contributed by atoms with E-state index in [2.05, 4.69) is 30.9 Å². The van der Waals surface area contributed by atoms with Gasteiger partial charge >= 0.3 is 12.1 Å². The number of para-hydroxylation sites is 1. The van der Waals surface area contributed by atoms with Gasteiger partial charge in [-0.25, -0.2) is 14.8 Å². The lowest BCUT2D eigenvalue weighted by Gasteiger charge is -2.32. The number of piperidine rings is 2. The van der Waals surface area contributed by atoms with Crippen LogP contribution in [0.15, 0.2) is 91.0 Å².